The highest BCUT2D eigenvalue weighted by molar-refractivity contribution is 9.10. The minimum atomic E-state index is 0.586. The summed E-state index contributed by atoms with van der Waals surface area (Å²) in [6, 6.07) is 6.41. The Morgan fingerprint density at radius 3 is 2.62 bits per heavy atom. The van der Waals surface area contributed by atoms with E-state index in [0.717, 1.165) is 10.9 Å². The maximum atomic E-state index is 8.50. The standard InChI is InChI=1S/C11H12BrN/c1-8-6-9(2)10(4-3-5-13)11(12)7-8/h6-7H,3-4H2,1-2H3. The lowest BCUT2D eigenvalue weighted by Crippen LogP contribution is -1.92. The number of halogens is 1. The first-order valence-corrected chi connectivity index (χ1v) is 5.07. The molecule has 1 aromatic rings. The van der Waals surface area contributed by atoms with E-state index < -0.39 is 0 Å². The van der Waals surface area contributed by atoms with E-state index in [2.05, 4.69) is 48.0 Å². The van der Waals surface area contributed by atoms with Crippen LogP contribution in [-0.2, 0) is 6.42 Å². The van der Waals surface area contributed by atoms with Crippen LogP contribution in [0.3, 0.4) is 0 Å². The molecular weight excluding hydrogens is 226 g/mol. The van der Waals surface area contributed by atoms with Gasteiger partial charge in [0.15, 0.2) is 0 Å². The minimum absolute atomic E-state index is 0.586. The first-order valence-electron chi connectivity index (χ1n) is 4.27. The number of aryl methyl sites for hydroxylation is 2. The van der Waals surface area contributed by atoms with Crippen molar-refractivity contribution in [2.24, 2.45) is 0 Å². The molecule has 0 saturated heterocycles. The van der Waals surface area contributed by atoms with Crippen LogP contribution in [0.25, 0.3) is 0 Å². The number of hydrogen-bond acceptors (Lipinski definition) is 1. The maximum absolute atomic E-state index is 8.50. The van der Waals surface area contributed by atoms with Gasteiger partial charge in [0, 0.05) is 10.9 Å². The van der Waals surface area contributed by atoms with Crippen molar-refractivity contribution in [3.8, 4) is 6.07 Å². The SMILES string of the molecule is Cc1cc(C)c(CCC#N)c(Br)c1. The summed E-state index contributed by atoms with van der Waals surface area (Å²) < 4.78 is 1.13. The summed E-state index contributed by atoms with van der Waals surface area (Å²) in [7, 11) is 0. The molecule has 0 aliphatic rings. The summed E-state index contributed by atoms with van der Waals surface area (Å²) in [6.45, 7) is 4.16. The van der Waals surface area contributed by atoms with Crippen LogP contribution in [0.4, 0.5) is 0 Å². The molecule has 2 heteroatoms. The highest BCUT2D eigenvalue weighted by Gasteiger charge is 2.03. The second kappa shape index (κ2) is 4.43. The Bertz CT molecular complexity index is 327. The van der Waals surface area contributed by atoms with E-state index in [-0.39, 0.29) is 0 Å². The third kappa shape index (κ3) is 2.57. The first kappa shape index (κ1) is 10.3. The summed E-state index contributed by atoms with van der Waals surface area (Å²) in [6.07, 6.45) is 1.42. The highest BCUT2D eigenvalue weighted by Crippen LogP contribution is 2.23. The van der Waals surface area contributed by atoms with Gasteiger partial charge in [-0.2, -0.15) is 5.26 Å². The molecule has 0 aliphatic heterocycles. The molecule has 0 fully saturated rings. The summed E-state index contributed by atoms with van der Waals surface area (Å²) in [4.78, 5) is 0. The van der Waals surface area contributed by atoms with Crippen LogP contribution in [0.2, 0.25) is 0 Å². The lowest BCUT2D eigenvalue weighted by molar-refractivity contribution is 0.986. The van der Waals surface area contributed by atoms with Gasteiger partial charge >= 0.3 is 0 Å². The number of nitrogens with zero attached hydrogens (tertiary/aromatic N) is 1. The Morgan fingerprint density at radius 2 is 2.08 bits per heavy atom. The van der Waals surface area contributed by atoms with Crippen molar-refractivity contribution in [1.29, 1.82) is 5.26 Å². The van der Waals surface area contributed by atoms with Gasteiger partial charge in [0.1, 0.15) is 0 Å². The van der Waals surface area contributed by atoms with Crippen LogP contribution in [0.1, 0.15) is 23.1 Å². The minimum Gasteiger partial charge on any atom is -0.198 e. The van der Waals surface area contributed by atoms with Crippen LogP contribution in [0.15, 0.2) is 16.6 Å². The normalized spacial score (nSPS) is 9.69. The molecule has 0 heterocycles. The Balaban J connectivity index is 3.00. The van der Waals surface area contributed by atoms with Crippen molar-refractivity contribution < 1.29 is 0 Å². The molecule has 0 aromatic heterocycles. The smallest absolute Gasteiger partial charge is 0.0625 e. The molecule has 0 bridgehead atoms. The molecule has 68 valence electrons. The number of nitriles is 1. The van der Waals surface area contributed by atoms with Gasteiger partial charge in [-0.1, -0.05) is 22.0 Å². The van der Waals surface area contributed by atoms with Crippen molar-refractivity contribution in [2.75, 3.05) is 0 Å². The van der Waals surface area contributed by atoms with Crippen molar-refractivity contribution in [2.45, 2.75) is 26.7 Å². The largest absolute Gasteiger partial charge is 0.198 e. The van der Waals surface area contributed by atoms with Gasteiger partial charge in [-0.3, -0.25) is 0 Å². The predicted molar refractivity (Wildman–Crippen MR) is 57.6 cm³/mol. The van der Waals surface area contributed by atoms with Gasteiger partial charge < -0.3 is 0 Å². The molecule has 1 aromatic carbocycles. The molecule has 1 nitrogen and oxygen atoms in total. The van der Waals surface area contributed by atoms with Gasteiger partial charge in [0.2, 0.25) is 0 Å². The zero-order valence-electron chi connectivity index (χ0n) is 7.89. The Morgan fingerprint density at radius 1 is 1.38 bits per heavy atom. The van der Waals surface area contributed by atoms with Gasteiger partial charge in [0.05, 0.1) is 6.07 Å². The zero-order valence-corrected chi connectivity index (χ0v) is 9.48. The summed E-state index contributed by atoms with van der Waals surface area (Å²) in [5.74, 6) is 0. The van der Waals surface area contributed by atoms with Crippen molar-refractivity contribution >= 4 is 15.9 Å². The number of rotatable bonds is 2. The third-order valence-corrected chi connectivity index (χ3v) is 2.76. The van der Waals surface area contributed by atoms with E-state index in [1.165, 1.54) is 16.7 Å². The monoisotopic (exact) mass is 237 g/mol. The van der Waals surface area contributed by atoms with E-state index in [9.17, 15) is 0 Å². The molecule has 0 saturated carbocycles. The molecule has 0 amide bonds. The summed E-state index contributed by atoms with van der Waals surface area (Å²) in [5.41, 5.74) is 3.78. The molecule has 0 aliphatic carbocycles. The Kier molecular flexibility index (Phi) is 3.50. The average Bonchev–Trinajstić information content (AvgIpc) is 2.02. The summed E-state index contributed by atoms with van der Waals surface area (Å²) >= 11 is 3.52. The second-order valence-electron chi connectivity index (χ2n) is 3.20. The fourth-order valence-electron chi connectivity index (χ4n) is 1.44. The molecule has 1 rings (SSSR count). The maximum Gasteiger partial charge on any atom is 0.0625 e. The molecule has 0 atom stereocenters. The van der Waals surface area contributed by atoms with Crippen LogP contribution in [0.5, 0.6) is 0 Å². The van der Waals surface area contributed by atoms with E-state index in [1.807, 2.05) is 0 Å². The fraction of sp³-hybridized carbons (Fsp3) is 0.364. The van der Waals surface area contributed by atoms with Crippen molar-refractivity contribution in [3.63, 3.8) is 0 Å². The molecule has 0 radical (unpaired) electrons. The van der Waals surface area contributed by atoms with E-state index in [4.69, 9.17) is 5.26 Å². The Hall–Kier alpha value is -0.810. The van der Waals surface area contributed by atoms with E-state index in [1.54, 1.807) is 0 Å². The van der Waals surface area contributed by atoms with Gasteiger partial charge in [0.25, 0.3) is 0 Å². The molecule has 0 N–H and O–H groups in total. The lowest BCUT2D eigenvalue weighted by atomic mass is 10.0. The van der Waals surface area contributed by atoms with Crippen molar-refractivity contribution in [1.82, 2.24) is 0 Å². The molecule has 0 unspecified atom stereocenters. The lowest BCUT2D eigenvalue weighted by Gasteiger charge is -2.07. The van der Waals surface area contributed by atoms with Crippen LogP contribution >= 0.6 is 15.9 Å². The van der Waals surface area contributed by atoms with Gasteiger partial charge in [-0.25, -0.2) is 0 Å². The topological polar surface area (TPSA) is 23.8 Å². The number of benzene rings is 1. The third-order valence-electron chi connectivity index (χ3n) is 2.05. The highest BCUT2D eigenvalue weighted by atomic mass is 79.9. The van der Waals surface area contributed by atoms with Crippen LogP contribution in [0, 0.1) is 25.2 Å². The number of hydrogen-bond donors (Lipinski definition) is 0. The van der Waals surface area contributed by atoms with Crippen molar-refractivity contribution in [3.05, 3.63) is 33.3 Å². The molecule has 0 spiro atoms. The van der Waals surface area contributed by atoms with Gasteiger partial charge in [-0.15, -0.1) is 0 Å². The van der Waals surface area contributed by atoms with E-state index >= 15 is 0 Å². The Labute approximate surface area is 87.5 Å². The molecule has 13 heavy (non-hydrogen) atoms. The van der Waals surface area contributed by atoms with Crippen LogP contribution < -0.4 is 0 Å². The quantitative estimate of drug-likeness (QED) is 0.773. The molecular formula is C11H12BrN. The fourth-order valence-corrected chi connectivity index (χ4v) is 2.32. The zero-order chi connectivity index (χ0) is 9.84. The average molecular weight is 238 g/mol. The second-order valence-corrected chi connectivity index (χ2v) is 4.05. The van der Waals surface area contributed by atoms with E-state index in [0.29, 0.717) is 6.42 Å². The summed E-state index contributed by atoms with van der Waals surface area (Å²) in [5, 5.41) is 8.50. The predicted octanol–water partition coefficient (Wildman–Crippen LogP) is 3.52. The first-order chi connectivity index (χ1) is 6.15. The van der Waals surface area contributed by atoms with Gasteiger partial charge in [-0.05, 0) is 43.0 Å². The van der Waals surface area contributed by atoms with Crippen LogP contribution in [-0.4, -0.2) is 0 Å².